The number of nitrogens with two attached hydrogens (primary N) is 1. The highest BCUT2D eigenvalue weighted by Gasteiger charge is 2.43. The Kier molecular flexibility index (Phi) is 7.47. The molecule has 35 heavy (non-hydrogen) atoms. The number of nitrogens with zero attached hydrogens (tertiary/aromatic N) is 3. The number of amides is 1. The molecule has 1 aliphatic rings. The van der Waals surface area contributed by atoms with E-state index < -0.39 is 23.8 Å². The van der Waals surface area contributed by atoms with Crippen LogP contribution in [0.4, 0.5) is 5.69 Å². The van der Waals surface area contributed by atoms with Crippen molar-refractivity contribution in [3.63, 3.8) is 0 Å². The maximum absolute atomic E-state index is 13.2. The molecule has 0 radical (unpaired) electrons. The lowest BCUT2D eigenvalue weighted by Crippen LogP contribution is -2.41. The van der Waals surface area contributed by atoms with Crippen LogP contribution < -0.4 is 10.6 Å². The first-order valence-electron chi connectivity index (χ1n) is 10.3. The van der Waals surface area contributed by atoms with Crippen molar-refractivity contribution in [3.05, 3.63) is 87.3 Å². The van der Waals surface area contributed by atoms with E-state index in [4.69, 9.17) is 26.8 Å². The average molecular weight is 495 g/mol. The van der Waals surface area contributed by atoms with E-state index in [2.05, 4.69) is 6.07 Å². The van der Waals surface area contributed by atoms with Gasteiger partial charge in [-0.2, -0.15) is 5.26 Å². The number of methoxy groups -OCH3 is 2. The molecule has 10 heteroatoms. The van der Waals surface area contributed by atoms with E-state index >= 15 is 0 Å². The van der Waals surface area contributed by atoms with E-state index in [1.807, 2.05) is 0 Å². The zero-order valence-corrected chi connectivity index (χ0v) is 20.3. The molecule has 1 unspecified atom stereocenters. The second-order valence-corrected chi connectivity index (χ2v) is 8.13. The molecule has 0 aromatic heterocycles. The van der Waals surface area contributed by atoms with Gasteiger partial charge in [-0.3, -0.25) is 9.69 Å². The van der Waals surface area contributed by atoms with Crippen molar-refractivity contribution in [2.45, 2.75) is 5.92 Å². The zero-order valence-electron chi connectivity index (χ0n) is 19.5. The molecule has 2 N–H and O–H groups in total. The quantitative estimate of drug-likeness (QED) is 0.629. The predicted octanol–water partition coefficient (Wildman–Crippen LogP) is 2.94. The molecule has 0 saturated heterocycles. The number of carbonyl (C=O) groups excluding carboxylic acids is 3. The number of benzene rings is 2. The predicted molar refractivity (Wildman–Crippen MR) is 129 cm³/mol. The second-order valence-electron chi connectivity index (χ2n) is 7.70. The summed E-state index contributed by atoms with van der Waals surface area (Å²) in [5.74, 6) is -3.39. The fourth-order valence-corrected chi connectivity index (χ4v) is 4.04. The third-order valence-corrected chi connectivity index (χ3v) is 5.68. The van der Waals surface area contributed by atoms with Crippen LogP contribution in [0.1, 0.15) is 21.8 Å². The Morgan fingerprint density at radius 3 is 2.23 bits per heavy atom. The molecular weight excluding hydrogens is 472 g/mol. The van der Waals surface area contributed by atoms with Crippen LogP contribution in [0.15, 0.2) is 71.2 Å². The van der Waals surface area contributed by atoms with Gasteiger partial charge in [0.25, 0.3) is 5.91 Å². The van der Waals surface area contributed by atoms with Gasteiger partial charge in [-0.1, -0.05) is 41.9 Å². The third kappa shape index (κ3) is 4.56. The standard InChI is InChI=1S/C25H23ClN4O5/c1-29(2)23(31)16-11-10-15(26)12-18(16)30-21(25(33)35-4)20(24(32)34-3)19(17(13-27)22(30)28)14-8-6-5-7-9-14/h5-12,19H,28H2,1-4H3. The monoisotopic (exact) mass is 494 g/mol. The summed E-state index contributed by atoms with van der Waals surface area (Å²) < 4.78 is 10.0. The summed E-state index contributed by atoms with van der Waals surface area (Å²) in [6.07, 6.45) is 0. The van der Waals surface area contributed by atoms with Crippen LogP contribution in [0.25, 0.3) is 0 Å². The number of hydrogen-bond donors (Lipinski definition) is 1. The Hall–Kier alpha value is -4.29. The highest BCUT2D eigenvalue weighted by atomic mass is 35.5. The van der Waals surface area contributed by atoms with Crippen molar-refractivity contribution >= 4 is 35.1 Å². The number of hydrogen-bond acceptors (Lipinski definition) is 8. The Labute approximate surface area is 207 Å². The molecule has 1 amide bonds. The highest BCUT2D eigenvalue weighted by molar-refractivity contribution is 6.31. The maximum atomic E-state index is 13.2. The molecule has 3 rings (SSSR count). The van der Waals surface area contributed by atoms with Crippen LogP contribution >= 0.6 is 11.6 Å². The first-order valence-corrected chi connectivity index (χ1v) is 10.7. The number of esters is 2. The number of halogens is 1. The van der Waals surface area contributed by atoms with Gasteiger partial charge >= 0.3 is 11.9 Å². The summed E-state index contributed by atoms with van der Waals surface area (Å²) in [6.45, 7) is 0. The second kappa shape index (κ2) is 10.3. The molecule has 9 nitrogen and oxygen atoms in total. The minimum Gasteiger partial charge on any atom is -0.466 e. The van der Waals surface area contributed by atoms with Crippen LogP contribution in [0, 0.1) is 11.3 Å². The van der Waals surface area contributed by atoms with Crippen molar-refractivity contribution in [2.24, 2.45) is 5.73 Å². The summed E-state index contributed by atoms with van der Waals surface area (Å²) in [4.78, 5) is 41.8. The molecule has 1 aliphatic heterocycles. The topological polar surface area (TPSA) is 126 Å². The van der Waals surface area contributed by atoms with Crippen LogP contribution in [0.3, 0.4) is 0 Å². The van der Waals surface area contributed by atoms with E-state index in [0.717, 1.165) is 19.1 Å². The summed E-state index contributed by atoms with van der Waals surface area (Å²) in [6, 6.07) is 15.1. The largest absolute Gasteiger partial charge is 0.466 e. The summed E-state index contributed by atoms with van der Waals surface area (Å²) in [5, 5.41) is 10.4. The summed E-state index contributed by atoms with van der Waals surface area (Å²) in [7, 11) is 5.41. The van der Waals surface area contributed by atoms with Gasteiger partial charge in [-0.05, 0) is 23.8 Å². The molecule has 0 aliphatic carbocycles. The third-order valence-electron chi connectivity index (χ3n) is 5.45. The van der Waals surface area contributed by atoms with E-state index in [1.165, 1.54) is 23.1 Å². The number of carbonyl (C=O) groups is 3. The number of rotatable bonds is 5. The number of ether oxygens (including phenoxy) is 2. The highest BCUT2D eigenvalue weighted by Crippen LogP contribution is 2.44. The molecule has 0 spiro atoms. The van der Waals surface area contributed by atoms with Gasteiger partial charge in [-0.25, -0.2) is 9.59 Å². The number of allylic oxidation sites excluding steroid dienone is 1. The average Bonchev–Trinajstić information content (AvgIpc) is 2.86. The van der Waals surface area contributed by atoms with Crippen molar-refractivity contribution in [2.75, 3.05) is 33.2 Å². The molecule has 0 saturated carbocycles. The first kappa shape index (κ1) is 25.3. The van der Waals surface area contributed by atoms with Gasteiger partial charge in [0, 0.05) is 19.1 Å². The molecule has 180 valence electrons. The molecule has 0 fully saturated rings. The van der Waals surface area contributed by atoms with Gasteiger partial charge in [0.05, 0.1) is 48.6 Å². The Morgan fingerprint density at radius 2 is 1.69 bits per heavy atom. The lowest BCUT2D eigenvalue weighted by molar-refractivity contribution is -0.139. The van der Waals surface area contributed by atoms with Gasteiger partial charge in [0.1, 0.15) is 11.5 Å². The lowest BCUT2D eigenvalue weighted by atomic mass is 9.80. The lowest BCUT2D eigenvalue weighted by Gasteiger charge is -2.36. The molecular formula is C25H23ClN4O5. The van der Waals surface area contributed by atoms with Gasteiger partial charge in [0.15, 0.2) is 0 Å². The molecule has 1 atom stereocenters. The first-order chi connectivity index (χ1) is 16.7. The fraction of sp³-hybridized carbons (Fsp3) is 0.200. The summed E-state index contributed by atoms with van der Waals surface area (Å²) >= 11 is 6.25. The van der Waals surface area contributed by atoms with Crippen molar-refractivity contribution in [1.82, 2.24) is 4.90 Å². The van der Waals surface area contributed by atoms with Gasteiger partial charge < -0.3 is 20.1 Å². The van der Waals surface area contributed by atoms with E-state index in [9.17, 15) is 19.6 Å². The minimum absolute atomic E-state index is 0.0209. The van der Waals surface area contributed by atoms with Crippen molar-refractivity contribution in [3.8, 4) is 6.07 Å². The summed E-state index contributed by atoms with van der Waals surface area (Å²) in [5.41, 5.74) is 6.77. The Morgan fingerprint density at radius 1 is 1.06 bits per heavy atom. The SMILES string of the molecule is COC(=O)C1=C(C(=O)OC)N(c2cc(Cl)ccc2C(=O)N(C)C)C(N)=C(C#N)C1c1ccccc1. The van der Waals surface area contributed by atoms with E-state index in [-0.39, 0.29) is 38.9 Å². The number of anilines is 1. The van der Waals surface area contributed by atoms with E-state index in [0.29, 0.717) is 5.56 Å². The molecule has 2 aromatic carbocycles. The molecule has 2 aromatic rings. The van der Waals surface area contributed by atoms with Crippen molar-refractivity contribution in [1.29, 1.82) is 5.26 Å². The smallest absolute Gasteiger partial charge is 0.355 e. The van der Waals surface area contributed by atoms with Crippen LogP contribution in [-0.4, -0.2) is 51.1 Å². The van der Waals surface area contributed by atoms with Crippen LogP contribution in [0.5, 0.6) is 0 Å². The van der Waals surface area contributed by atoms with Crippen LogP contribution in [0.2, 0.25) is 5.02 Å². The maximum Gasteiger partial charge on any atom is 0.355 e. The van der Waals surface area contributed by atoms with Gasteiger partial charge in [0.2, 0.25) is 0 Å². The Bertz CT molecular complexity index is 1290. The normalized spacial score (nSPS) is 15.4. The Balaban J connectivity index is 2.49. The van der Waals surface area contributed by atoms with Crippen molar-refractivity contribution < 1.29 is 23.9 Å². The molecule has 1 heterocycles. The minimum atomic E-state index is -1.02. The van der Waals surface area contributed by atoms with E-state index in [1.54, 1.807) is 44.4 Å². The van der Waals surface area contributed by atoms with Gasteiger partial charge in [-0.15, -0.1) is 0 Å². The fourth-order valence-electron chi connectivity index (χ4n) is 3.88. The zero-order chi connectivity index (χ0) is 25.9. The number of nitriles is 1. The molecule has 0 bridgehead atoms. The van der Waals surface area contributed by atoms with Crippen LogP contribution in [-0.2, 0) is 19.1 Å².